The predicted molar refractivity (Wildman–Crippen MR) is 129 cm³/mol. The summed E-state index contributed by atoms with van der Waals surface area (Å²) < 4.78 is 72.2. The van der Waals surface area contributed by atoms with E-state index >= 15 is 0 Å². The van der Waals surface area contributed by atoms with Gasteiger partial charge in [-0.05, 0) is 59.4 Å². The maximum Gasteiger partial charge on any atom is 0.416 e. The van der Waals surface area contributed by atoms with Crippen LogP contribution in [0.2, 0.25) is 0 Å². The summed E-state index contributed by atoms with van der Waals surface area (Å²) in [6, 6.07) is 17.2. The van der Waals surface area contributed by atoms with Crippen molar-refractivity contribution in [3.05, 3.63) is 93.5 Å². The minimum atomic E-state index is -4.40. The lowest BCUT2D eigenvalue weighted by Crippen LogP contribution is -2.26. The molecule has 3 aromatic carbocycles. The quantitative estimate of drug-likeness (QED) is 0.313. The largest absolute Gasteiger partial charge is 0.497 e. The number of methoxy groups -OCH3 is 1. The average Bonchev–Trinajstić information content (AvgIpc) is 2.80. The molecule has 0 N–H and O–H groups in total. The fraction of sp³-hybridized carbons (Fsp3) is 0.280. The molecule has 4 nitrogen and oxygen atoms in total. The number of nitrogens with zero attached hydrogens (tertiary/aromatic N) is 1. The molecule has 0 aliphatic rings. The van der Waals surface area contributed by atoms with Gasteiger partial charge in [0.05, 0.1) is 17.6 Å². The summed E-state index contributed by atoms with van der Waals surface area (Å²) in [5.41, 5.74) is 1.51. The van der Waals surface area contributed by atoms with E-state index in [-0.39, 0.29) is 17.4 Å². The topological polar surface area (TPSA) is 46.6 Å². The first-order valence-electron chi connectivity index (χ1n) is 10.5. The van der Waals surface area contributed by atoms with Crippen molar-refractivity contribution < 1.29 is 26.3 Å². The average molecular weight is 556 g/mol. The van der Waals surface area contributed by atoms with E-state index in [0.29, 0.717) is 22.2 Å². The highest BCUT2D eigenvalue weighted by molar-refractivity contribution is 9.10. The molecule has 9 heteroatoms. The molecule has 3 rings (SSSR count). The SMILES string of the molecule is COc1ccc(CN(C)S(=O)(=O)c2ccc(C[C@H](C)c3cccc(C(F)(F)F)c3)c(Br)c2)cc1. The predicted octanol–water partition coefficient (Wildman–Crippen LogP) is 6.64. The second-order valence-electron chi connectivity index (χ2n) is 8.09. The van der Waals surface area contributed by atoms with Gasteiger partial charge in [-0.25, -0.2) is 8.42 Å². The number of benzene rings is 3. The molecule has 0 saturated heterocycles. The lowest BCUT2D eigenvalue weighted by molar-refractivity contribution is -0.137. The molecule has 0 fully saturated rings. The summed E-state index contributed by atoms with van der Waals surface area (Å²) in [6.07, 6.45) is -3.95. The van der Waals surface area contributed by atoms with Gasteiger partial charge in [0, 0.05) is 18.1 Å². The van der Waals surface area contributed by atoms with Crippen LogP contribution in [-0.2, 0) is 29.2 Å². The summed E-state index contributed by atoms with van der Waals surface area (Å²) in [7, 11) is -0.674. The Labute approximate surface area is 206 Å². The fourth-order valence-electron chi connectivity index (χ4n) is 3.58. The van der Waals surface area contributed by atoms with Crippen LogP contribution < -0.4 is 4.74 Å². The Morgan fingerprint density at radius 3 is 2.29 bits per heavy atom. The Morgan fingerprint density at radius 2 is 1.71 bits per heavy atom. The number of halogens is 4. The van der Waals surface area contributed by atoms with Crippen LogP contribution in [0.25, 0.3) is 0 Å². The number of ether oxygens (including phenoxy) is 1. The van der Waals surface area contributed by atoms with E-state index in [0.717, 1.165) is 23.3 Å². The second-order valence-corrected chi connectivity index (χ2v) is 11.0. The minimum absolute atomic E-state index is 0.130. The molecule has 0 spiro atoms. The number of hydrogen-bond donors (Lipinski definition) is 0. The highest BCUT2D eigenvalue weighted by Crippen LogP contribution is 2.33. The van der Waals surface area contributed by atoms with Crippen LogP contribution in [0.1, 0.15) is 35.1 Å². The Bertz CT molecular complexity index is 1250. The highest BCUT2D eigenvalue weighted by atomic mass is 79.9. The molecule has 0 aliphatic carbocycles. The summed E-state index contributed by atoms with van der Waals surface area (Å²) in [5.74, 6) is 0.493. The first kappa shape index (κ1) is 26.2. The third-order valence-electron chi connectivity index (χ3n) is 5.61. The van der Waals surface area contributed by atoms with E-state index in [1.165, 1.54) is 29.6 Å². The van der Waals surface area contributed by atoms with E-state index in [1.54, 1.807) is 43.5 Å². The van der Waals surface area contributed by atoms with Gasteiger partial charge in [-0.3, -0.25) is 0 Å². The molecule has 34 heavy (non-hydrogen) atoms. The van der Waals surface area contributed by atoms with Gasteiger partial charge < -0.3 is 4.74 Å². The minimum Gasteiger partial charge on any atom is -0.497 e. The van der Waals surface area contributed by atoms with E-state index in [9.17, 15) is 21.6 Å². The monoisotopic (exact) mass is 555 g/mol. The summed E-state index contributed by atoms with van der Waals surface area (Å²) in [6.45, 7) is 2.04. The van der Waals surface area contributed by atoms with Gasteiger partial charge >= 0.3 is 6.18 Å². The Balaban J connectivity index is 1.75. The van der Waals surface area contributed by atoms with Gasteiger partial charge in [-0.2, -0.15) is 17.5 Å². The maximum atomic E-state index is 13.1. The molecular weight excluding hydrogens is 531 g/mol. The van der Waals surface area contributed by atoms with Crippen molar-refractivity contribution in [1.29, 1.82) is 0 Å². The van der Waals surface area contributed by atoms with Gasteiger partial charge in [-0.1, -0.05) is 59.3 Å². The van der Waals surface area contributed by atoms with Crippen molar-refractivity contribution >= 4 is 26.0 Å². The molecule has 3 aromatic rings. The van der Waals surface area contributed by atoms with Gasteiger partial charge in [0.15, 0.2) is 0 Å². The maximum absolute atomic E-state index is 13.1. The van der Waals surface area contributed by atoms with Gasteiger partial charge in [0.1, 0.15) is 5.75 Å². The molecule has 0 unspecified atom stereocenters. The van der Waals surface area contributed by atoms with Gasteiger partial charge in [0.25, 0.3) is 0 Å². The molecule has 182 valence electrons. The lowest BCUT2D eigenvalue weighted by atomic mass is 9.92. The molecule has 0 saturated carbocycles. The van der Waals surface area contributed by atoms with Gasteiger partial charge in [0.2, 0.25) is 10.0 Å². The van der Waals surface area contributed by atoms with Crippen molar-refractivity contribution in [2.24, 2.45) is 0 Å². The zero-order valence-electron chi connectivity index (χ0n) is 18.9. The van der Waals surface area contributed by atoms with Crippen LogP contribution in [0.5, 0.6) is 5.75 Å². The van der Waals surface area contributed by atoms with Crippen molar-refractivity contribution in [2.75, 3.05) is 14.2 Å². The number of alkyl halides is 3. The summed E-state index contributed by atoms with van der Waals surface area (Å²) in [5, 5.41) is 0. The zero-order valence-corrected chi connectivity index (χ0v) is 21.3. The smallest absolute Gasteiger partial charge is 0.416 e. The van der Waals surface area contributed by atoms with E-state index in [4.69, 9.17) is 4.74 Å². The molecule has 0 radical (unpaired) electrons. The number of rotatable bonds is 8. The normalized spacial score (nSPS) is 13.2. The van der Waals surface area contributed by atoms with E-state index in [1.807, 2.05) is 6.92 Å². The highest BCUT2D eigenvalue weighted by Gasteiger charge is 2.30. The summed E-state index contributed by atoms with van der Waals surface area (Å²) >= 11 is 3.44. The lowest BCUT2D eigenvalue weighted by Gasteiger charge is -2.19. The number of hydrogen-bond acceptors (Lipinski definition) is 3. The Kier molecular flexibility index (Phi) is 8.10. The molecule has 1 atom stereocenters. The van der Waals surface area contributed by atoms with Crippen LogP contribution in [0.4, 0.5) is 13.2 Å². The van der Waals surface area contributed by atoms with Crippen molar-refractivity contribution in [1.82, 2.24) is 4.31 Å². The molecule has 0 heterocycles. The van der Waals surface area contributed by atoms with Crippen molar-refractivity contribution in [3.8, 4) is 5.75 Å². The van der Waals surface area contributed by atoms with Crippen LogP contribution in [0.15, 0.2) is 76.1 Å². The van der Waals surface area contributed by atoms with Gasteiger partial charge in [-0.15, -0.1) is 0 Å². The third-order valence-corrected chi connectivity index (χ3v) is 8.14. The molecule has 0 amide bonds. The molecule has 0 aliphatic heterocycles. The standard InChI is InChI=1S/C25H25BrF3NO3S/c1-17(19-5-4-6-21(14-19)25(27,28)29)13-20-9-12-23(15-24(20)26)34(31,32)30(2)16-18-7-10-22(33-3)11-8-18/h4-12,14-15,17H,13,16H2,1-3H3/t17-/m0/s1. The second kappa shape index (κ2) is 10.5. The van der Waals surface area contributed by atoms with Crippen LogP contribution in [0, 0.1) is 0 Å². The molecular formula is C25H25BrF3NO3S. The third kappa shape index (κ3) is 6.20. The van der Waals surface area contributed by atoms with Crippen molar-refractivity contribution in [2.45, 2.75) is 36.9 Å². The number of sulfonamides is 1. The van der Waals surface area contributed by atoms with E-state index in [2.05, 4.69) is 15.9 Å². The first-order valence-corrected chi connectivity index (χ1v) is 12.7. The van der Waals surface area contributed by atoms with Crippen LogP contribution in [-0.4, -0.2) is 26.9 Å². The van der Waals surface area contributed by atoms with Crippen LogP contribution >= 0.6 is 15.9 Å². The zero-order chi connectivity index (χ0) is 25.1. The first-order chi connectivity index (χ1) is 15.9. The Morgan fingerprint density at radius 1 is 1.03 bits per heavy atom. The fourth-order valence-corrected chi connectivity index (χ4v) is 5.45. The Hall–Kier alpha value is -2.36. The summed E-state index contributed by atoms with van der Waals surface area (Å²) in [4.78, 5) is 0.130. The van der Waals surface area contributed by atoms with Crippen molar-refractivity contribution in [3.63, 3.8) is 0 Å². The van der Waals surface area contributed by atoms with Crippen LogP contribution in [0.3, 0.4) is 0 Å². The van der Waals surface area contributed by atoms with E-state index < -0.39 is 21.8 Å². The molecule has 0 bridgehead atoms. The molecule has 0 aromatic heterocycles.